The van der Waals surface area contributed by atoms with Crippen LogP contribution in [0, 0.1) is 18.3 Å². The average Bonchev–Trinajstić information content (AvgIpc) is 2.74. The van der Waals surface area contributed by atoms with E-state index in [4.69, 9.17) is 20.5 Å². The highest BCUT2D eigenvalue weighted by Gasteiger charge is 2.22. The molecule has 0 saturated heterocycles. The van der Waals surface area contributed by atoms with Crippen molar-refractivity contribution in [3.8, 4) is 17.6 Å². The summed E-state index contributed by atoms with van der Waals surface area (Å²) in [5.74, 6) is 0.197. The lowest BCUT2D eigenvalue weighted by Crippen LogP contribution is -2.11. The van der Waals surface area contributed by atoms with Gasteiger partial charge in [0.15, 0.2) is 11.5 Å². The van der Waals surface area contributed by atoms with Gasteiger partial charge < -0.3 is 8.92 Å². The van der Waals surface area contributed by atoms with Crippen LogP contribution in [0.2, 0.25) is 5.02 Å². The molecule has 0 radical (unpaired) electrons. The highest BCUT2D eigenvalue weighted by Crippen LogP contribution is 2.39. The molecule has 31 heavy (non-hydrogen) atoms. The molecule has 0 aliphatic carbocycles. The number of hydrogen-bond acceptors (Lipinski definition) is 5. The van der Waals surface area contributed by atoms with E-state index in [0.717, 1.165) is 11.1 Å². The topological polar surface area (TPSA) is 76.4 Å². The number of nitriles is 1. The van der Waals surface area contributed by atoms with Crippen molar-refractivity contribution < 1.29 is 17.3 Å². The molecule has 0 aromatic heterocycles. The van der Waals surface area contributed by atoms with Gasteiger partial charge >= 0.3 is 10.1 Å². The first-order valence-corrected chi connectivity index (χ1v) is 11.6. The Morgan fingerprint density at radius 3 is 2.32 bits per heavy atom. The minimum Gasteiger partial charge on any atom is -0.493 e. The molecule has 158 valence electrons. The van der Waals surface area contributed by atoms with Crippen LogP contribution < -0.4 is 8.92 Å². The van der Waals surface area contributed by atoms with Crippen LogP contribution in [0.4, 0.5) is 0 Å². The molecule has 0 aliphatic heterocycles. The summed E-state index contributed by atoms with van der Waals surface area (Å²) in [6.45, 7) is 1.97. The minimum absolute atomic E-state index is 0.00319. The Morgan fingerprint density at radius 2 is 1.74 bits per heavy atom. The fourth-order valence-electron chi connectivity index (χ4n) is 2.74. The van der Waals surface area contributed by atoms with Crippen molar-refractivity contribution in [2.75, 3.05) is 7.11 Å². The lowest BCUT2D eigenvalue weighted by molar-refractivity contribution is 0.389. The Labute approximate surface area is 194 Å². The predicted octanol–water partition coefficient (Wildman–Crippen LogP) is 6.25. The van der Waals surface area contributed by atoms with Gasteiger partial charge in [-0.1, -0.05) is 41.4 Å². The van der Waals surface area contributed by atoms with Crippen LogP contribution in [0.5, 0.6) is 11.5 Å². The van der Waals surface area contributed by atoms with Gasteiger partial charge in [0.1, 0.15) is 4.90 Å². The van der Waals surface area contributed by atoms with E-state index in [1.165, 1.54) is 31.4 Å². The van der Waals surface area contributed by atoms with Crippen molar-refractivity contribution in [2.24, 2.45) is 0 Å². The molecule has 5 nitrogen and oxygen atoms in total. The van der Waals surface area contributed by atoms with Gasteiger partial charge in [-0.3, -0.25) is 0 Å². The first-order valence-electron chi connectivity index (χ1n) is 9.00. The van der Waals surface area contributed by atoms with E-state index in [9.17, 15) is 13.7 Å². The van der Waals surface area contributed by atoms with Gasteiger partial charge in [0.2, 0.25) is 0 Å². The highest BCUT2D eigenvalue weighted by molar-refractivity contribution is 9.10. The van der Waals surface area contributed by atoms with Crippen molar-refractivity contribution in [1.29, 1.82) is 5.26 Å². The third-order valence-corrected chi connectivity index (χ3v) is 6.42. The Morgan fingerprint density at radius 1 is 1.10 bits per heavy atom. The highest BCUT2D eigenvalue weighted by atomic mass is 79.9. The summed E-state index contributed by atoms with van der Waals surface area (Å²) in [5, 5.41) is 10.00. The van der Waals surface area contributed by atoms with Crippen molar-refractivity contribution >= 4 is 49.3 Å². The second-order valence-corrected chi connectivity index (χ2v) is 9.40. The number of benzene rings is 3. The fourth-order valence-corrected chi connectivity index (χ4v) is 4.47. The van der Waals surface area contributed by atoms with Crippen molar-refractivity contribution in [3.63, 3.8) is 0 Å². The SMILES string of the molecule is COc1cc(/C=C(\C#N)c2ccc(C)cc2)cc(Br)c1OS(=O)(=O)c1ccc(Cl)cc1. The van der Waals surface area contributed by atoms with E-state index >= 15 is 0 Å². The lowest BCUT2D eigenvalue weighted by atomic mass is 10.0. The summed E-state index contributed by atoms with van der Waals surface area (Å²) in [6.07, 6.45) is 1.69. The molecule has 0 aliphatic rings. The number of nitrogens with zero attached hydrogens (tertiary/aromatic N) is 1. The van der Waals surface area contributed by atoms with E-state index in [-0.39, 0.29) is 16.4 Å². The molecule has 0 saturated carbocycles. The molecule has 3 aromatic rings. The van der Waals surface area contributed by atoms with Gasteiger partial charge in [-0.15, -0.1) is 0 Å². The quantitative estimate of drug-likeness (QED) is 0.219. The van der Waals surface area contributed by atoms with Crippen molar-refractivity contribution in [1.82, 2.24) is 0 Å². The van der Waals surface area contributed by atoms with Crippen LogP contribution in [0.15, 0.2) is 70.0 Å². The van der Waals surface area contributed by atoms with Crippen LogP contribution in [-0.2, 0) is 10.1 Å². The molecule has 0 N–H and O–H groups in total. The zero-order valence-corrected chi connectivity index (χ0v) is 19.8. The maximum absolute atomic E-state index is 12.7. The standard InChI is InChI=1S/C23H17BrClNO4S/c1-15-3-5-17(6-4-15)18(14-26)11-16-12-21(24)23(22(13-16)29-2)30-31(27,28)20-9-7-19(25)8-10-20/h3-13H,1-2H3/b18-11+. The number of hydrogen-bond donors (Lipinski definition) is 0. The number of methoxy groups -OCH3 is 1. The van der Waals surface area contributed by atoms with Gasteiger partial charge in [-0.05, 0) is 76.5 Å². The van der Waals surface area contributed by atoms with Gasteiger partial charge in [-0.25, -0.2) is 0 Å². The summed E-state index contributed by atoms with van der Waals surface area (Å²) < 4.78 is 36.4. The smallest absolute Gasteiger partial charge is 0.339 e. The van der Waals surface area contributed by atoms with E-state index in [0.29, 0.717) is 20.6 Å². The second kappa shape index (κ2) is 9.56. The summed E-state index contributed by atoms with van der Waals surface area (Å²) >= 11 is 9.18. The second-order valence-electron chi connectivity index (χ2n) is 6.56. The zero-order chi connectivity index (χ0) is 22.6. The van der Waals surface area contributed by atoms with Crippen LogP contribution >= 0.6 is 27.5 Å². The number of halogens is 2. The molecule has 0 bridgehead atoms. The molecule has 0 atom stereocenters. The molecule has 3 rings (SSSR count). The van der Waals surface area contributed by atoms with Crippen molar-refractivity contribution in [3.05, 3.63) is 86.8 Å². The molecule has 8 heteroatoms. The number of rotatable bonds is 6. The Bertz CT molecular complexity index is 1280. The monoisotopic (exact) mass is 517 g/mol. The average molecular weight is 519 g/mol. The molecular formula is C23H17BrClNO4S. The Balaban J connectivity index is 1.99. The van der Waals surface area contributed by atoms with Gasteiger partial charge in [0.25, 0.3) is 0 Å². The maximum atomic E-state index is 12.7. The fraction of sp³-hybridized carbons (Fsp3) is 0.0870. The van der Waals surface area contributed by atoms with Crippen LogP contribution in [-0.4, -0.2) is 15.5 Å². The van der Waals surface area contributed by atoms with E-state index in [1.54, 1.807) is 18.2 Å². The summed E-state index contributed by atoms with van der Waals surface area (Å²) in [7, 11) is -2.70. The molecule has 0 amide bonds. The number of allylic oxidation sites excluding steroid dienone is 1. The first-order chi connectivity index (χ1) is 14.7. The van der Waals surface area contributed by atoms with Crippen LogP contribution in [0.25, 0.3) is 11.6 Å². The molecule has 3 aromatic carbocycles. The molecule has 0 fully saturated rings. The first kappa shape index (κ1) is 22.9. The minimum atomic E-state index is -4.11. The molecule has 0 spiro atoms. The number of aryl methyl sites for hydroxylation is 1. The van der Waals surface area contributed by atoms with E-state index in [2.05, 4.69) is 22.0 Å². The molecule has 0 unspecified atom stereocenters. The van der Waals surface area contributed by atoms with E-state index in [1.807, 2.05) is 31.2 Å². The Hall–Kier alpha value is -2.79. The van der Waals surface area contributed by atoms with Crippen LogP contribution in [0.1, 0.15) is 16.7 Å². The van der Waals surface area contributed by atoms with Gasteiger partial charge in [-0.2, -0.15) is 13.7 Å². The molecular weight excluding hydrogens is 502 g/mol. The van der Waals surface area contributed by atoms with Crippen molar-refractivity contribution in [2.45, 2.75) is 11.8 Å². The molecule has 0 heterocycles. The summed E-state index contributed by atoms with van der Waals surface area (Å²) in [4.78, 5) is -0.0408. The lowest BCUT2D eigenvalue weighted by Gasteiger charge is -2.13. The van der Waals surface area contributed by atoms with Gasteiger partial charge in [0.05, 0.1) is 23.2 Å². The summed E-state index contributed by atoms with van der Waals surface area (Å²) in [6, 6.07) is 18.7. The van der Waals surface area contributed by atoms with E-state index < -0.39 is 10.1 Å². The van der Waals surface area contributed by atoms with Crippen LogP contribution in [0.3, 0.4) is 0 Å². The summed E-state index contributed by atoms with van der Waals surface area (Å²) in [5.41, 5.74) is 2.95. The Kier molecular flexibility index (Phi) is 7.06. The largest absolute Gasteiger partial charge is 0.493 e. The predicted molar refractivity (Wildman–Crippen MR) is 125 cm³/mol. The third kappa shape index (κ3) is 5.47. The normalized spacial score (nSPS) is 11.6. The number of ether oxygens (including phenoxy) is 1. The third-order valence-electron chi connectivity index (χ3n) is 4.34. The zero-order valence-electron chi connectivity index (χ0n) is 16.6. The van der Waals surface area contributed by atoms with Gasteiger partial charge in [0, 0.05) is 5.02 Å². The maximum Gasteiger partial charge on any atom is 0.339 e.